The summed E-state index contributed by atoms with van der Waals surface area (Å²) in [5, 5.41) is 9.19. The third-order valence-corrected chi connectivity index (χ3v) is 7.78. The SMILES string of the molecule is COc1ccc(CNc2ncnc(NC3CCCN(C(=O)OC(C)(C)C)C3)c2N2NCc3cc(Oc4ccccc4)ccc32)cc1. The number of benzene rings is 3. The highest BCUT2D eigenvalue weighted by Gasteiger charge is 2.31. The van der Waals surface area contributed by atoms with Gasteiger partial charge in [-0.1, -0.05) is 30.3 Å². The molecular weight excluding hydrogens is 582 g/mol. The van der Waals surface area contributed by atoms with Crippen molar-refractivity contribution >= 4 is 29.1 Å². The van der Waals surface area contributed by atoms with Gasteiger partial charge in [0.15, 0.2) is 11.6 Å². The predicted molar refractivity (Wildman–Crippen MR) is 179 cm³/mol. The number of para-hydroxylation sites is 1. The second-order valence-corrected chi connectivity index (χ2v) is 12.4. The molecule has 4 aromatic rings. The maximum atomic E-state index is 12.9. The Hall–Kier alpha value is -5.03. The standard InChI is InChI=1S/C35H41N7O4/c1-35(2,3)46-34(43)41-18-8-9-26(22-41)40-33-31(32(37-23-38-33)36-20-24-12-14-27(44-4)15-13-24)42-30-17-16-29(19-25(30)21-39-42)45-28-10-6-5-7-11-28/h5-7,10-17,19,23,26,39H,8-9,18,20-22H2,1-4H3,(H2,36,37,38,40). The Morgan fingerprint density at radius 2 is 1.74 bits per heavy atom. The molecule has 11 heteroatoms. The minimum atomic E-state index is -0.553. The minimum absolute atomic E-state index is 0.0203. The van der Waals surface area contributed by atoms with Gasteiger partial charge in [-0.15, -0.1) is 0 Å². The summed E-state index contributed by atoms with van der Waals surface area (Å²) < 4.78 is 17.1. The molecule has 1 aromatic heterocycles. The van der Waals surface area contributed by atoms with Crippen molar-refractivity contribution in [2.75, 3.05) is 35.8 Å². The lowest BCUT2D eigenvalue weighted by Gasteiger charge is -2.35. The zero-order chi connectivity index (χ0) is 32.1. The van der Waals surface area contributed by atoms with E-state index in [9.17, 15) is 4.79 Å². The number of carbonyl (C=O) groups excluding carboxylic acids is 1. The van der Waals surface area contributed by atoms with Crippen molar-refractivity contribution in [3.05, 3.63) is 90.3 Å². The van der Waals surface area contributed by atoms with E-state index >= 15 is 0 Å². The summed E-state index contributed by atoms with van der Waals surface area (Å²) in [5.41, 5.74) is 6.88. The van der Waals surface area contributed by atoms with Gasteiger partial charge in [-0.05, 0) is 87.2 Å². The smallest absolute Gasteiger partial charge is 0.410 e. The van der Waals surface area contributed by atoms with Crippen LogP contribution in [-0.2, 0) is 17.8 Å². The third kappa shape index (κ3) is 7.43. The van der Waals surface area contributed by atoms with Crippen molar-refractivity contribution in [2.45, 2.75) is 58.3 Å². The summed E-state index contributed by atoms with van der Waals surface area (Å²) in [6, 6.07) is 23.7. The van der Waals surface area contributed by atoms with Crippen LogP contribution in [0.1, 0.15) is 44.7 Å². The number of rotatable bonds is 9. The number of piperidine rings is 1. The van der Waals surface area contributed by atoms with Crippen molar-refractivity contribution < 1.29 is 19.0 Å². The number of likely N-dealkylation sites (tertiary alicyclic amines) is 1. The van der Waals surface area contributed by atoms with Gasteiger partial charge >= 0.3 is 6.09 Å². The molecule has 46 heavy (non-hydrogen) atoms. The number of hydrogen-bond donors (Lipinski definition) is 3. The van der Waals surface area contributed by atoms with E-state index in [0.29, 0.717) is 37.8 Å². The Morgan fingerprint density at radius 1 is 0.978 bits per heavy atom. The average Bonchev–Trinajstić information content (AvgIpc) is 3.46. The topological polar surface area (TPSA) is 113 Å². The Labute approximate surface area is 269 Å². The number of fused-ring (bicyclic) bond motifs is 1. The molecule has 1 fully saturated rings. The van der Waals surface area contributed by atoms with E-state index < -0.39 is 5.60 Å². The molecule has 6 rings (SSSR count). The first kappa shape index (κ1) is 31.0. The van der Waals surface area contributed by atoms with E-state index in [4.69, 9.17) is 19.2 Å². The van der Waals surface area contributed by atoms with Crippen LogP contribution in [0.2, 0.25) is 0 Å². The first-order valence-electron chi connectivity index (χ1n) is 15.6. The molecule has 1 amide bonds. The van der Waals surface area contributed by atoms with Crippen LogP contribution in [0.25, 0.3) is 0 Å². The fraction of sp³-hybridized carbons (Fsp3) is 0.343. The van der Waals surface area contributed by atoms with Crippen LogP contribution in [0.15, 0.2) is 79.1 Å². The van der Waals surface area contributed by atoms with Gasteiger partial charge in [-0.25, -0.2) is 20.2 Å². The maximum absolute atomic E-state index is 12.9. The van der Waals surface area contributed by atoms with E-state index in [0.717, 1.165) is 52.6 Å². The lowest BCUT2D eigenvalue weighted by Crippen LogP contribution is -2.47. The van der Waals surface area contributed by atoms with Crippen LogP contribution in [0.3, 0.4) is 0 Å². The fourth-order valence-corrected chi connectivity index (χ4v) is 5.59. The molecule has 3 aromatic carbocycles. The van der Waals surface area contributed by atoms with Crippen LogP contribution in [0.5, 0.6) is 17.2 Å². The van der Waals surface area contributed by atoms with Gasteiger partial charge in [0.25, 0.3) is 0 Å². The fourth-order valence-electron chi connectivity index (χ4n) is 5.59. The number of hydrogen-bond acceptors (Lipinski definition) is 10. The molecule has 0 radical (unpaired) electrons. The molecule has 3 N–H and O–H groups in total. The van der Waals surface area contributed by atoms with E-state index in [1.54, 1.807) is 18.3 Å². The molecule has 1 unspecified atom stereocenters. The third-order valence-electron chi connectivity index (χ3n) is 7.78. The zero-order valence-corrected chi connectivity index (χ0v) is 26.7. The second kappa shape index (κ2) is 13.5. The molecule has 240 valence electrons. The average molecular weight is 624 g/mol. The first-order valence-corrected chi connectivity index (χ1v) is 15.6. The molecule has 11 nitrogen and oxygen atoms in total. The largest absolute Gasteiger partial charge is 0.497 e. The summed E-state index contributed by atoms with van der Waals surface area (Å²) >= 11 is 0. The number of nitrogens with zero attached hydrogens (tertiary/aromatic N) is 4. The van der Waals surface area contributed by atoms with E-state index in [-0.39, 0.29) is 12.1 Å². The summed E-state index contributed by atoms with van der Waals surface area (Å²) in [6.07, 6.45) is 3.01. The van der Waals surface area contributed by atoms with Gasteiger partial charge in [0, 0.05) is 32.2 Å². The van der Waals surface area contributed by atoms with Crippen LogP contribution in [0, 0.1) is 0 Å². The van der Waals surface area contributed by atoms with E-state index in [2.05, 4.69) is 27.1 Å². The quantitative estimate of drug-likeness (QED) is 0.183. The van der Waals surface area contributed by atoms with Crippen molar-refractivity contribution in [2.24, 2.45) is 0 Å². The molecule has 2 aliphatic rings. The van der Waals surface area contributed by atoms with E-state index in [1.807, 2.05) is 92.5 Å². The van der Waals surface area contributed by atoms with Gasteiger partial charge in [0.2, 0.25) is 0 Å². The Kier molecular flexibility index (Phi) is 9.11. The molecule has 3 heterocycles. The lowest BCUT2D eigenvalue weighted by atomic mass is 10.1. The highest BCUT2D eigenvalue weighted by atomic mass is 16.6. The minimum Gasteiger partial charge on any atom is -0.497 e. The van der Waals surface area contributed by atoms with Crippen molar-refractivity contribution in [3.8, 4) is 17.2 Å². The van der Waals surface area contributed by atoms with E-state index in [1.165, 1.54) is 0 Å². The Morgan fingerprint density at radius 3 is 2.50 bits per heavy atom. The maximum Gasteiger partial charge on any atom is 0.410 e. The second-order valence-electron chi connectivity index (χ2n) is 12.4. The number of ether oxygens (including phenoxy) is 3. The number of amides is 1. The van der Waals surface area contributed by atoms with Crippen LogP contribution in [0.4, 0.5) is 27.8 Å². The number of nitrogens with one attached hydrogen (secondary N) is 3. The summed E-state index contributed by atoms with van der Waals surface area (Å²) in [7, 11) is 1.66. The molecule has 1 saturated heterocycles. The van der Waals surface area contributed by atoms with Crippen molar-refractivity contribution in [1.82, 2.24) is 20.3 Å². The van der Waals surface area contributed by atoms with Gasteiger partial charge in [0.1, 0.15) is 34.9 Å². The number of hydrazine groups is 1. The molecule has 1 atom stereocenters. The Balaban J connectivity index is 1.28. The molecule has 2 aliphatic heterocycles. The van der Waals surface area contributed by atoms with Gasteiger partial charge < -0.3 is 29.7 Å². The van der Waals surface area contributed by atoms with Gasteiger partial charge in [-0.2, -0.15) is 0 Å². The van der Waals surface area contributed by atoms with Crippen LogP contribution in [-0.4, -0.2) is 52.8 Å². The van der Waals surface area contributed by atoms with Crippen LogP contribution >= 0.6 is 0 Å². The monoisotopic (exact) mass is 623 g/mol. The zero-order valence-electron chi connectivity index (χ0n) is 26.7. The molecule has 0 saturated carbocycles. The van der Waals surface area contributed by atoms with Crippen LogP contribution < -0.4 is 30.5 Å². The van der Waals surface area contributed by atoms with Gasteiger partial charge in [-0.3, -0.25) is 5.01 Å². The summed E-state index contributed by atoms with van der Waals surface area (Å²) in [4.78, 5) is 24.0. The Bertz CT molecular complexity index is 1640. The summed E-state index contributed by atoms with van der Waals surface area (Å²) in [5.74, 6) is 3.68. The lowest BCUT2D eigenvalue weighted by molar-refractivity contribution is 0.0206. The molecule has 0 spiro atoms. The first-order chi connectivity index (χ1) is 22.3. The highest BCUT2D eigenvalue weighted by molar-refractivity contribution is 5.85. The normalized spacial score (nSPS) is 16.0. The van der Waals surface area contributed by atoms with Crippen molar-refractivity contribution in [3.63, 3.8) is 0 Å². The molecule has 0 bridgehead atoms. The number of methoxy groups -OCH3 is 1. The predicted octanol–water partition coefficient (Wildman–Crippen LogP) is 6.86. The summed E-state index contributed by atoms with van der Waals surface area (Å²) in [6.45, 7) is 7.98. The molecular formula is C35H41N7O4. The number of carbonyl (C=O) groups is 1. The van der Waals surface area contributed by atoms with Crippen molar-refractivity contribution in [1.29, 1.82) is 0 Å². The number of anilines is 4. The van der Waals surface area contributed by atoms with Gasteiger partial charge in [0.05, 0.1) is 12.8 Å². The molecule has 0 aliphatic carbocycles. The highest BCUT2D eigenvalue weighted by Crippen LogP contribution is 2.41. The number of aromatic nitrogens is 2.